The number of hydrogen-bond donors (Lipinski definition) is 1. The van der Waals surface area contributed by atoms with Gasteiger partial charge in [-0.05, 0) is 24.1 Å². The van der Waals surface area contributed by atoms with Crippen molar-refractivity contribution in [3.63, 3.8) is 0 Å². The highest BCUT2D eigenvalue weighted by molar-refractivity contribution is 5.89. The monoisotopic (exact) mass is 235 g/mol. The minimum atomic E-state index is -0.312. The Morgan fingerprint density at radius 2 is 2.41 bits per heavy atom. The van der Waals surface area contributed by atoms with E-state index < -0.39 is 0 Å². The van der Waals surface area contributed by atoms with Crippen LogP contribution >= 0.6 is 0 Å². The first-order valence-electron chi connectivity index (χ1n) is 5.76. The van der Waals surface area contributed by atoms with Crippen LogP contribution < -0.4 is 0 Å². The van der Waals surface area contributed by atoms with Gasteiger partial charge in [-0.1, -0.05) is 12.1 Å². The first-order valence-corrected chi connectivity index (χ1v) is 5.76. The minimum absolute atomic E-state index is 0.209. The molecular weight excluding hydrogens is 218 g/mol. The van der Waals surface area contributed by atoms with E-state index in [9.17, 15) is 9.90 Å². The van der Waals surface area contributed by atoms with Gasteiger partial charge in [0.1, 0.15) is 0 Å². The van der Waals surface area contributed by atoms with Crippen LogP contribution in [0, 0.1) is 0 Å². The Hall–Kier alpha value is -1.39. The Labute approximate surface area is 101 Å². The van der Waals surface area contributed by atoms with Gasteiger partial charge < -0.3 is 9.84 Å². The molecule has 0 amide bonds. The van der Waals surface area contributed by atoms with Crippen molar-refractivity contribution < 1.29 is 14.6 Å². The van der Waals surface area contributed by atoms with Gasteiger partial charge >= 0.3 is 5.97 Å². The summed E-state index contributed by atoms with van der Waals surface area (Å²) in [6.07, 6.45) is 0.621. The zero-order chi connectivity index (χ0) is 12.3. The van der Waals surface area contributed by atoms with Crippen LogP contribution in [-0.4, -0.2) is 42.3 Å². The third-order valence-corrected chi connectivity index (χ3v) is 3.00. The van der Waals surface area contributed by atoms with Crippen LogP contribution in [0.3, 0.4) is 0 Å². The zero-order valence-electron chi connectivity index (χ0n) is 9.93. The molecule has 1 atom stereocenters. The van der Waals surface area contributed by atoms with Crippen LogP contribution in [0.5, 0.6) is 0 Å². The number of hydrogen-bond acceptors (Lipinski definition) is 4. The summed E-state index contributed by atoms with van der Waals surface area (Å²) < 4.78 is 4.69. The molecule has 17 heavy (non-hydrogen) atoms. The Bertz CT molecular complexity index is 405. The molecule has 2 rings (SSSR count). The van der Waals surface area contributed by atoms with Crippen molar-refractivity contribution in [1.29, 1.82) is 0 Å². The first kappa shape index (κ1) is 12.1. The average Bonchev–Trinajstić information content (AvgIpc) is 2.74. The molecule has 0 radical (unpaired) electrons. The number of carbonyl (C=O) groups excluding carboxylic acids is 1. The van der Waals surface area contributed by atoms with Crippen molar-refractivity contribution in [3.8, 4) is 0 Å². The van der Waals surface area contributed by atoms with E-state index in [0.29, 0.717) is 12.1 Å². The number of carbonyl (C=O) groups is 1. The van der Waals surface area contributed by atoms with Gasteiger partial charge in [-0.15, -0.1) is 0 Å². The van der Waals surface area contributed by atoms with Crippen LogP contribution in [0.1, 0.15) is 22.3 Å². The Morgan fingerprint density at radius 1 is 1.59 bits per heavy atom. The number of benzene rings is 1. The molecule has 4 heteroatoms. The third-order valence-electron chi connectivity index (χ3n) is 3.00. The quantitative estimate of drug-likeness (QED) is 0.795. The largest absolute Gasteiger partial charge is 0.465 e. The molecule has 4 nitrogen and oxygen atoms in total. The molecule has 0 saturated carbocycles. The lowest BCUT2D eigenvalue weighted by Crippen LogP contribution is -2.21. The maximum atomic E-state index is 11.4. The molecule has 1 saturated heterocycles. The van der Waals surface area contributed by atoms with Gasteiger partial charge in [-0.3, -0.25) is 4.90 Å². The molecular formula is C13H17NO3. The normalized spacial score (nSPS) is 20.5. The minimum Gasteiger partial charge on any atom is -0.465 e. The number of esters is 1. The van der Waals surface area contributed by atoms with Crippen molar-refractivity contribution in [2.24, 2.45) is 0 Å². The lowest BCUT2D eigenvalue weighted by molar-refractivity contribution is 0.0600. The molecule has 92 valence electrons. The molecule has 1 heterocycles. The predicted molar refractivity (Wildman–Crippen MR) is 63.7 cm³/mol. The van der Waals surface area contributed by atoms with Crippen molar-refractivity contribution in [2.75, 3.05) is 20.2 Å². The first-order chi connectivity index (χ1) is 8.19. The highest BCUT2D eigenvalue weighted by atomic mass is 16.5. The van der Waals surface area contributed by atoms with Crippen LogP contribution in [0.25, 0.3) is 0 Å². The Balaban J connectivity index is 2.03. The van der Waals surface area contributed by atoms with Gasteiger partial charge in [0.25, 0.3) is 0 Å². The van der Waals surface area contributed by atoms with Gasteiger partial charge in [-0.25, -0.2) is 4.79 Å². The molecule has 1 aromatic rings. The lowest BCUT2D eigenvalue weighted by atomic mass is 10.1. The number of rotatable bonds is 3. The van der Waals surface area contributed by atoms with E-state index >= 15 is 0 Å². The van der Waals surface area contributed by atoms with Gasteiger partial charge in [0.05, 0.1) is 18.8 Å². The fourth-order valence-electron chi connectivity index (χ4n) is 2.13. The summed E-state index contributed by atoms with van der Waals surface area (Å²) in [4.78, 5) is 13.6. The van der Waals surface area contributed by atoms with Crippen LogP contribution in [0.15, 0.2) is 24.3 Å². The maximum absolute atomic E-state index is 11.4. The fourth-order valence-corrected chi connectivity index (χ4v) is 2.13. The van der Waals surface area contributed by atoms with Gasteiger partial charge in [0, 0.05) is 19.6 Å². The van der Waals surface area contributed by atoms with E-state index in [1.807, 2.05) is 18.2 Å². The fraction of sp³-hybridized carbons (Fsp3) is 0.462. The summed E-state index contributed by atoms with van der Waals surface area (Å²) in [5.74, 6) is -0.312. The highest BCUT2D eigenvalue weighted by Crippen LogP contribution is 2.14. The number of methoxy groups -OCH3 is 1. The number of aliphatic hydroxyl groups excluding tert-OH is 1. The lowest BCUT2D eigenvalue weighted by Gasteiger charge is -2.15. The molecule has 0 aliphatic carbocycles. The smallest absolute Gasteiger partial charge is 0.337 e. The van der Waals surface area contributed by atoms with Crippen LogP contribution in [0.2, 0.25) is 0 Å². The van der Waals surface area contributed by atoms with Crippen LogP contribution in [-0.2, 0) is 11.3 Å². The van der Waals surface area contributed by atoms with Gasteiger partial charge in [-0.2, -0.15) is 0 Å². The van der Waals surface area contributed by atoms with E-state index in [2.05, 4.69) is 9.64 Å². The average molecular weight is 235 g/mol. The van der Waals surface area contributed by atoms with Crippen molar-refractivity contribution in [1.82, 2.24) is 4.90 Å². The zero-order valence-corrected chi connectivity index (χ0v) is 9.93. The van der Waals surface area contributed by atoms with E-state index in [4.69, 9.17) is 0 Å². The summed E-state index contributed by atoms with van der Waals surface area (Å²) in [5.41, 5.74) is 1.65. The van der Waals surface area contributed by atoms with Crippen molar-refractivity contribution in [2.45, 2.75) is 19.1 Å². The SMILES string of the molecule is COC(=O)c1cccc(CN2CCC(O)C2)c1. The van der Waals surface area contributed by atoms with E-state index in [1.54, 1.807) is 6.07 Å². The summed E-state index contributed by atoms with van der Waals surface area (Å²) in [5, 5.41) is 9.44. The Kier molecular flexibility index (Phi) is 3.76. The van der Waals surface area contributed by atoms with E-state index in [0.717, 1.165) is 25.1 Å². The molecule has 1 unspecified atom stereocenters. The maximum Gasteiger partial charge on any atom is 0.337 e. The van der Waals surface area contributed by atoms with Crippen molar-refractivity contribution >= 4 is 5.97 Å². The standard InChI is InChI=1S/C13H17NO3/c1-17-13(16)11-4-2-3-10(7-11)8-14-6-5-12(15)9-14/h2-4,7,12,15H,5-6,8-9H2,1H3. The predicted octanol–water partition coefficient (Wildman–Crippen LogP) is 1.04. The van der Waals surface area contributed by atoms with Gasteiger partial charge in [0.15, 0.2) is 0 Å². The second-order valence-electron chi connectivity index (χ2n) is 4.37. The number of aliphatic hydroxyl groups is 1. The van der Waals surface area contributed by atoms with Crippen molar-refractivity contribution in [3.05, 3.63) is 35.4 Å². The number of ether oxygens (including phenoxy) is 1. The van der Waals surface area contributed by atoms with E-state index in [1.165, 1.54) is 7.11 Å². The summed E-state index contributed by atoms with van der Waals surface area (Å²) in [6, 6.07) is 7.43. The second kappa shape index (κ2) is 5.29. The molecule has 1 fully saturated rings. The number of β-amino-alcohol motifs (C(OH)–C–C–N with tert-alkyl or cyclic N) is 1. The highest BCUT2D eigenvalue weighted by Gasteiger charge is 2.20. The number of likely N-dealkylation sites (tertiary alicyclic amines) is 1. The van der Waals surface area contributed by atoms with Gasteiger partial charge in [0.2, 0.25) is 0 Å². The molecule has 1 aliphatic heterocycles. The summed E-state index contributed by atoms with van der Waals surface area (Å²) >= 11 is 0. The summed E-state index contributed by atoms with van der Waals surface area (Å²) in [6.45, 7) is 2.38. The van der Waals surface area contributed by atoms with E-state index in [-0.39, 0.29) is 12.1 Å². The topological polar surface area (TPSA) is 49.8 Å². The molecule has 1 N–H and O–H groups in total. The molecule has 1 aromatic carbocycles. The molecule has 0 aromatic heterocycles. The molecule has 0 bridgehead atoms. The molecule has 0 spiro atoms. The van der Waals surface area contributed by atoms with Crippen LogP contribution in [0.4, 0.5) is 0 Å². The Morgan fingerprint density at radius 3 is 3.06 bits per heavy atom. The molecule has 1 aliphatic rings. The second-order valence-corrected chi connectivity index (χ2v) is 4.37. The third kappa shape index (κ3) is 3.05. The summed E-state index contributed by atoms with van der Waals surface area (Å²) in [7, 11) is 1.38. The number of nitrogens with zero attached hydrogens (tertiary/aromatic N) is 1.